The van der Waals surface area contributed by atoms with E-state index in [-0.39, 0.29) is 12.6 Å². The number of ether oxygens (including phenoxy) is 2. The largest absolute Gasteiger partial charge is 0.480 e. The van der Waals surface area contributed by atoms with Gasteiger partial charge in [0.15, 0.2) is 6.61 Å². The quantitative estimate of drug-likeness (QED) is 0.715. The number of carbonyl (C=O) groups excluding carboxylic acids is 1. The van der Waals surface area contributed by atoms with Gasteiger partial charge in [0.05, 0.1) is 18.5 Å². The Morgan fingerprint density at radius 2 is 2.33 bits per heavy atom. The molecule has 0 fully saturated rings. The summed E-state index contributed by atoms with van der Waals surface area (Å²) >= 11 is 0. The number of hydrogen-bond acceptors (Lipinski definition) is 5. The van der Waals surface area contributed by atoms with Crippen LogP contribution in [0.2, 0.25) is 0 Å². The summed E-state index contributed by atoms with van der Waals surface area (Å²) in [6.07, 6.45) is 1.53. The van der Waals surface area contributed by atoms with Gasteiger partial charge in [-0.3, -0.25) is 4.98 Å². The zero-order valence-electron chi connectivity index (χ0n) is 8.60. The highest BCUT2D eigenvalue weighted by Gasteiger charge is 2.02. The number of nitrogens with two attached hydrogens (primary N) is 1. The van der Waals surface area contributed by atoms with Crippen LogP contribution in [0.1, 0.15) is 12.6 Å². The maximum absolute atomic E-state index is 11.0. The van der Waals surface area contributed by atoms with Crippen LogP contribution in [0, 0.1) is 0 Å². The van der Waals surface area contributed by atoms with Gasteiger partial charge in [-0.05, 0) is 19.1 Å². The number of pyridine rings is 1. The second kappa shape index (κ2) is 5.98. The molecule has 1 aromatic heterocycles. The fourth-order valence-corrected chi connectivity index (χ4v) is 0.962. The Balaban J connectivity index is 2.40. The molecule has 0 aromatic carbocycles. The lowest BCUT2D eigenvalue weighted by Gasteiger charge is -2.05. The van der Waals surface area contributed by atoms with Gasteiger partial charge in [-0.2, -0.15) is 0 Å². The minimum absolute atomic E-state index is 0.0997. The fraction of sp³-hybridized carbons (Fsp3) is 0.400. The van der Waals surface area contributed by atoms with Crippen LogP contribution < -0.4 is 10.5 Å². The Labute approximate surface area is 88.2 Å². The molecule has 0 saturated heterocycles. The summed E-state index contributed by atoms with van der Waals surface area (Å²) in [5.41, 5.74) is 6.16. The Morgan fingerprint density at radius 3 is 2.87 bits per heavy atom. The van der Waals surface area contributed by atoms with Crippen molar-refractivity contribution < 1.29 is 14.3 Å². The monoisotopic (exact) mass is 210 g/mol. The van der Waals surface area contributed by atoms with Crippen molar-refractivity contribution in [2.45, 2.75) is 13.5 Å². The minimum atomic E-state index is -0.389. The topological polar surface area (TPSA) is 74.4 Å². The van der Waals surface area contributed by atoms with Gasteiger partial charge in [-0.25, -0.2) is 4.79 Å². The number of hydrogen-bond donors (Lipinski definition) is 1. The van der Waals surface area contributed by atoms with Gasteiger partial charge in [0, 0.05) is 6.54 Å². The first-order chi connectivity index (χ1) is 7.26. The van der Waals surface area contributed by atoms with Crippen molar-refractivity contribution in [1.82, 2.24) is 4.98 Å². The van der Waals surface area contributed by atoms with E-state index in [0.29, 0.717) is 18.9 Å². The zero-order valence-corrected chi connectivity index (χ0v) is 8.60. The van der Waals surface area contributed by atoms with Gasteiger partial charge in [0.1, 0.15) is 5.75 Å². The van der Waals surface area contributed by atoms with Crippen molar-refractivity contribution in [2.75, 3.05) is 13.2 Å². The molecule has 5 nitrogen and oxygen atoms in total. The molecule has 82 valence electrons. The third-order valence-electron chi connectivity index (χ3n) is 1.67. The van der Waals surface area contributed by atoms with E-state index in [4.69, 9.17) is 15.2 Å². The normalized spacial score (nSPS) is 9.73. The first kappa shape index (κ1) is 11.5. The van der Waals surface area contributed by atoms with Gasteiger partial charge < -0.3 is 15.2 Å². The molecule has 0 unspecified atom stereocenters. The maximum Gasteiger partial charge on any atom is 0.344 e. The highest BCUT2D eigenvalue weighted by molar-refractivity contribution is 5.71. The summed E-state index contributed by atoms with van der Waals surface area (Å²) < 4.78 is 9.85. The molecule has 0 radical (unpaired) electrons. The number of carbonyl (C=O) groups is 1. The van der Waals surface area contributed by atoms with Crippen LogP contribution in [-0.4, -0.2) is 24.2 Å². The fourth-order valence-electron chi connectivity index (χ4n) is 0.962. The molecule has 0 aliphatic heterocycles. The minimum Gasteiger partial charge on any atom is -0.480 e. The molecule has 1 aromatic rings. The van der Waals surface area contributed by atoms with E-state index < -0.39 is 0 Å². The Bertz CT molecular complexity index is 311. The molecule has 2 N–H and O–H groups in total. The van der Waals surface area contributed by atoms with Crippen LogP contribution in [-0.2, 0) is 16.1 Å². The van der Waals surface area contributed by atoms with Crippen molar-refractivity contribution in [1.29, 1.82) is 0 Å². The van der Waals surface area contributed by atoms with Crippen LogP contribution in [0.3, 0.4) is 0 Å². The summed E-state index contributed by atoms with van der Waals surface area (Å²) in [5, 5.41) is 0. The molecule has 5 heteroatoms. The van der Waals surface area contributed by atoms with Crippen LogP contribution >= 0.6 is 0 Å². The molecule has 1 heterocycles. The molecule has 0 spiro atoms. The van der Waals surface area contributed by atoms with E-state index in [9.17, 15) is 4.79 Å². The lowest BCUT2D eigenvalue weighted by atomic mass is 10.3. The second-order valence-electron chi connectivity index (χ2n) is 2.78. The van der Waals surface area contributed by atoms with Crippen molar-refractivity contribution >= 4 is 5.97 Å². The smallest absolute Gasteiger partial charge is 0.344 e. The van der Waals surface area contributed by atoms with E-state index in [0.717, 1.165) is 5.69 Å². The molecule has 0 saturated carbocycles. The van der Waals surface area contributed by atoms with E-state index in [1.807, 2.05) is 0 Å². The van der Waals surface area contributed by atoms with Crippen molar-refractivity contribution in [3.8, 4) is 5.75 Å². The number of rotatable bonds is 5. The molecule has 0 aliphatic carbocycles. The molecule has 0 bridgehead atoms. The molecule has 0 atom stereocenters. The van der Waals surface area contributed by atoms with Gasteiger partial charge in [0.25, 0.3) is 0 Å². The van der Waals surface area contributed by atoms with E-state index in [1.165, 1.54) is 6.20 Å². The number of esters is 1. The molecule has 15 heavy (non-hydrogen) atoms. The summed E-state index contributed by atoms with van der Waals surface area (Å²) in [6, 6.07) is 3.47. The van der Waals surface area contributed by atoms with Gasteiger partial charge >= 0.3 is 5.97 Å². The summed E-state index contributed by atoms with van der Waals surface area (Å²) in [4.78, 5) is 15.0. The van der Waals surface area contributed by atoms with Crippen molar-refractivity contribution in [3.63, 3.8) is 0 Å². The molecular formula is C10H14N2O3. The Morgan fingerprint density at radius 1 is 1.53 bits per heavy atom. The maximum atomic E-state index is 11.0. The molecule has 0 amide bonds. The first-order valence-electron chi connectivity index (χ1n) is 4.69. The van der Waals surface area contributed by atoms with Crippen molar-refractivity contribution in [3.05, 3.63) is 24.0 Å². The van der Waals surface area contributed by atoms with Gasteiger partial charge in [0.2, 0.25) is 0 Å². The van der Waals surface area contributed by atoms with E-state index >= 15 is 0 Å². The van der Waals surface area contributed by atoms with Gasteiger partial charge in [-0.15, -0.1) is 0 Å². The lowest BCUT2D eigenvalue weighted by molar-refractivity contribution is -0.145. The summed E-state index contributed by atoms with van der Waals surface area (Å²) in [7, 11) is 0. The second-order valence-corrected chi connectivity index (χ2v) is 2.78. The summed E-state index contributed by atoms with van der Waals surface area (Å²) in [5.74, 6) is 0.139. The SMILES string of the molecule is CCOC(=O)COc1ccc(CN)nc1. The van der Waals surface area contributed by atoms with Crippen LogP contribution in [0.25, 0.3) is 0 Å². The molecular weight excluding hydrogens is 196 g/mol. The Kier molecular flexibility index (Phi) is 4.56. The van der Waals surface area contributed by atoms with Crippen molar-refractivity contribution in [2.24, 2.45) is 5.73 Å². The van der Waals surface area contributed by atoms with E-state index in [2.05, 4.69) is 4.98 Å². The predicted molar refractivity (Wildman–Crippen MR) is 54.3 cm³/mol. The first-order valence-corrected chi connectivity index (χ1v) is 4.69. The number of aromatic nitrogens is 1. The lowest BCUT2D eigenvalue weighted by Crippen LogP contribution is -2.14. The third-order valence-corrected chi connectivity index (χ3v) is 1.67. The Hall–Kier alpha value is -1.62. The molecule has 0 aliphatic rings. The van der Waals surface area contributed by atoms with Gasteiger partial charge in [-0.1, -0.05) is 0 Å². The highest BCUT2D eigenvalue weighted by atomic mass is 16.6. The van der Waals surface area contributed by atoms with Crippen LogP contribution in [0.15, 0.2) is 18.3 Å². The third kappa shape index (κ3) is 3.95. The highest BCUT2D eigenvalue weighted by Crippen LogP contribution is 2.08. The average molecular weight is 210 g/mol. The molecule has 1 rings (SSSR count). The number of nitrogens with zero attached hydrogens (tertiary/aromatic N) is 1. The van der Waals surface area contributed by atoms with E-state index in [1.54, 1.807) is 19.1 Å². The standard InChI is InChI=1S/C10H14N2O3/c1-2-14-10(13)7-15-9-4-3-8(5-11)12-6-9/h3-4,6H,2,5,7,11H2,1H3. The average Bonchev–Trinajstić information content (AvgIpc) is 2.27. The van der Waals surface area contributed by atoms with Crippen LogP contribution in [0.4, 0.5) is 0 Å². The predicted octanol–water partition coefficient (Wildman–Crippen LogP) is 0.482. The van der Waals surface area contributed by atoms with Crippen LogP contribution in [0.5, 0.6) is 5.75 Å². The zero-order chi connectivity index (χ0) is 11.1. The summed E-state index contributed by atoms with van der Waals surface area (Å²) in [6.45, 7) is 2.39.